The van der Waals surface area contributed by atoms with E-state index in [1.165, 1.54) is 10.4 Å². The third kappa shape index (κ3) is 3.18. The first-order valence-corrected chi connectivity index (χ1v) is 11.0. The minimum absolute atomic E-state index is 0.0585. The van der Waals surface area contributed by atoms with E-state index in [9.17, 15) is 13.2 Å². The van der Waals surface area contributed by atoms with Crippen molar-refractivity contribution >= 4 is 44.4 Å². The van der Waals surface area contributed by atoms with Crippen LogP contribution in [0.5, 0.6) is 5.75 Å². The van der Waals surface area contributed by atoms with Crippen molar-refractivity contribution in [1.29, 1.82) is 0 Å². The Morgan fingerprint density at radius 3 is 2.89 bits per heavy atom. The number of aromatic nitrogens is 2. The molecule has 1 aliphatic rings. The second kappa shape index (κ2) is 7.36. The molecule has 1 aromatic heterocycles. The standard InChI is InChI=1S/C18H18N4O4S2/c1-2-10-19-18(23)15-11-22(13-7-3-4-8-14(13)26-15)28(24,25)16-9-5-6-12-17(16)21-27-20-12/h3-9,15H,2,10-11H2,1H3,(H,19,23)/t15-/m1/s1. The van der Waals surface area contributed by atoms with E-state index < -0.39 is 16.1 Å². The van der Waals surface area contributed by atoms with Crippen LogP contribution in [0.4, 0.5) is 5.69 Å². The van der Waals surface area contributed by atoms with E-state index in [0.29, 0.717) is 29.0 Å². The molecule has 0 radical (unpaired) electrons. The van der Waals surface area contributed by atoms with Crippen LogP contribution < -0.4 is 14.4 Å². The molecular weight excluding hydrogens is 400 g/mol. The monoisotopic (exact) mass is 418 g/mol. The van der Waals surface area contributed by atoms with Crippen molar-refractivity contribution in [3.63, 3.8) is 0 Å². The summed E-state index contributed by atoms with van der Waals surface area (Å²) < 4.78 is 42.3. The number of amides is 1. The number of ether oxygens (including phenoxy) is 1. The number of sulfonamides is 1. The minimum Gasteiger partial charge on any atom is -0.476 e. The molecule has 8 nitrogen and oxygen atoms in total. The zero-order valence-electron chi connectivity index (χ0n) is 15.0. The van der Waals surface area contributed by atoms with Crippen molar-refractivity contribution in [2.75, 3.05) is 17.4 Å². The highest BCUT2D eigenvalue weighted by Gasteiger charge is 2.38. The van der Waals surface area contributed by atoms with Crippen molar-refractivity contribution in [2.45, 2.75) is 24.3 Å². The number of anilines is 1. The lowest BCUT2D eigenvalue weighted by Crippen LogP contribution is -2.50. The van der Waals surface area contributed by atoms with Crippen LogP contribution in [0.1, 0.15) is 13.3 Å². The van der Waals surface area contributed by atoms with Gasteiger partial charge < -0.3 is 10.1 Å². The maximum atomic E-state index is 13.5. The van der Waals surface area contributed by atoms with E-state index in [2.05, 4.69) is 14.1 Å². The molecule has 2 heterocycles. The third-order valence-corrected chi connectivity index (χ3v) is 6.75. The first-order valence-electron chi connectivity index (χ1n) is 8.80. The van der Waals surface area contributed by atoms with Crippen LogP contribution in [0.25, 0.3) is 11.0 Å². The predicted molar refractivity (Wildman–Crippen MR) is 106 cm³/mol. The van der Waals surface area contributed by atoms with E-state index in [0.717, 1.165) is 18.1 Å². The molecule has 28 heavy (non-hydrogen) atoms. The number of rotatable bonds is 5. The number of benzene rings is 2. The average Bonchev–Trinajstić information content (AvgIpc) is 3.19. The largest absolute Gasteiger partial charge is 0.476 e. The molecule has 1 N–H and O–H groups in total. The molecular formula is C18H18N4O4S2. The minimum atomic E-state index is -3.98. The van der Waals surface area contributed by atoms with Gasteiger partial charge in [0.15, 0.2) is 6.10 Å². The fraction of sp³-hybridized carbons (Fsp3) is 0.278. The zero-order chi connectivity index (χ0) is 19.7. The molecule has 0 unspecified atom stereocenters. The van der Waals surface area contributed by atoms with Gasteiger partial charge in [0.1, 0.15) is 21.7 Å². The van der Waals surface area contributed by atoms with Gasteiger partial charge in [0.05, 0.1) is 24.0 Å². The van der Waals surface area contributed by atoms with E-state index >= 15 is 0 Å². The lowest BCUT2D eigenvalue weighted by Gasteiger charge is -2.34. The Balaban J connectivity index is 1.78. The Morgan fingerprint density at radius 1 is 1.25 bits per heavy atom. The summed E-state index contributed by atoms with van der Waals surface area (Å²) in [4.78, 5) is 12.5. The SMILES string of the molecule is CCCNC(=O)[C@H]1CN(S(=O)(=O)c2cccc3nsnc23)c2ccccc2O1. The molecule has 1 aliphatic heterocycles. The number of para-hydroxylation sites is 2. The third-order valence-electron chi connectivity index (χ3n) is 4.39. The Morgan fingerprint density at radius 2 is 2.07 bits per heavy atom. The van der Waals surface area contributed by atoms with E-state index in [-0.39, 0.29) is 17.3 Å². The van der Waals surface area contributed by atoms with Gasteiger partial charge in [-0.25, -0.2) is 8.42 Å². The number of nitrogens with one attached hydrogen (secondary N) is 1. The Kier molecular flexibility index (Phi) is 4.90. The summed E-state index contributed by atoms with van der Waals surface area (Å²) in [6, 6.07) is 11.6. The first-order chi connectivity index (χ1) is 13.5. The van der Waals surface area contributed by atoms with Crippen LogP contribution in [-0.4, -0.2) is 42.3 Å². The van der Waals surface area contributed by atoms with Crippen LogP contribution in [0.3, 0.4) is 0 Å². The molecule has 0 saturated heterocycles. The van der Waals surface area contributed by atoms with Crippen molar-refractivity contribution in [3.05, 3.63) is 42.5 Å². The topological polar surface area (TPSA) is 101 Å². The van der Waals surface area contributed by atoms with Gasteiger partial charge in [-0.2, -0.15) is 8.75 Å². The average molecular weight is 419 g/mol. The number of carbonyl (C=O) groups is 1. The second-order valence-corrected chi connectivity index (χ2v) is 8.65. The Hall–Kier alpha value is -2.72. The van der Waals surface area contributed by atoms with Gasteiger partial charge in [-0.1, -0.05) is 25.1 Å². The van der Waals surface area contributed by atoms with E-state index in [1.807, 2.05) is 6.92 Å². The summed E-state index contributed by atoms with van der Waals surface area (Å²) in [5, 5.41) is 2.76. The Bertz CT molecular complexity index is 1130. The summed E-state index contributed by atoms with van der Waals surface area (Å²) >= 11 is 0.958. The van der Waals surface area contributed by atoms with Crippen LogP contribution in [0.2, 0.25) is 0 Å². The molecule has 0 fully saturated rings. The van der Waals surface area contributed by atoms with Gasteiger partial charge in [0.25, 0.3) is 15.9 Å². The molecule has 146 valence electrons. The molecule has 1 atom stereocenters. The molecule has 0 saturated carbocycles. The number of carbonyl (C=O) groups excluding carboxylic acids is 1. The number of fused-ring (bicyclic) bond motifs is 2. The molecule has 0 spiro atoms. The van der Waals surface area contributed by atoms with Crippen molar-refractivity contribution in [1.82, 2.24) is 14.1 Å². The van der Waals surface area contributed by atoms with Gasteiger partial charge in [-0.15, -0.1) is 0 Å². The van der Waals surface area contributed by atoms with Gasteiger partial charge in [0, 0.05) is 6.54 Å². The summed E-state index contributed by atoms with van der Waals surface area (Å²) in [6.07, 6.45) is -0.167. The second-order valence-electron chi connectivity index (χ2n) is 6.29. The fourth-order valence-electron chi connectivity index (χ4n) is 3.04. The molecule has 1 amide bonds. The predicted octanol–water partition coefficient (Wildman–Crippen LogP) is 2.17. The van der Waals surface area contributed by atoms with Crippen molar-refractivity contribution in [3.8, 4) is 5.75 Å². The summed E-state index contributed by atoms with van der Waals surface area (Å²) in [5.74, 6) is 0.00244. The molecule has 10 heteroatoms. The van der Waals surface area contributed by atoms with Gasteiger partial charge in [0.2, 0.25) is 0 Å². The van der Waals surface area contributed by atoms with Gasteiger partial charge in [-0.3, -0.25) is 9.10 Å². The highest BCUT2D eigenvalue weighted by molar-refractivity contribution is 7.93. The van der Waals surface area contributed by atoms with Gasteiger partial charge in [-0.05, 0) is 30.7 Å². The lowest BCUT2D eigenvalue weighted by molar-refractivity contribution is -0.127. The summed E-state index contributed by atoms with van der Waals surface area (Å²) in [7, 11) is -3.98. The molecule has 4 rings (SSSR count). The van der Waals surface area contributed by atoms with Crippen molar-refractivity contribution < 1.29 is 17.9 Å². The first kappa shape index (κ1) is 18.6. The van der Waals surface area contributed by atoms with Crippen LogP contribution >= 0.6 is 11.7 Å². The molecule has 0 bridgehead atoms. The fourth-order valence-corrected chi connectivity index (χ4v) is 5.27. The number of hydrogen-bond donors (Lipinski definition) is 1. The maximum absolute atomic E-state index is 13.5. The molecule has 0 aliphatic carbocycles. The maximum Gasteiger partial charge on any atom is 0.266 e. The lowest BCUT2D eigenvalue weighted by atomic mass is 10.2. The van der Waals surface area contributed by atoms with Crippen molar-refractivity contribution in [2.24, 2.45) is 0 Å². The van der Waals surface area contributed by atoms with Crippen LogP contribution in [0.15, 0.2) is 47.4 Å². The van der Waals surface area contributed by atoms with Gasteiger partial charge >= 0.3 is 0 Å². The quantitative estimate of drug-likeness (QED) is 0.681. The summed E-state index contributed by atoms with van der Waals surface area (Å²) in [5.41, 5.74) is 1.23. The zero-order valence-corrected chi connectivity index (χ0v) is 16.7. The number of hydrogen-bond acceptors (Lipinski definition) is 7. The smallest absolute Gasteiger partial charge is 0.266 e. The summed E-state index contributed by atoms with van der Waals surface area (Å²) in [6.45, 7) is 2.32. The highest BCUT2D eigenvalue weighted by atomic mass is 32.2. The molecule has 2 aromatic carbocycles. The van der Waals surface area contributed by atoms with Crippen LogP contribution in [0, 0.1) is 0 Å². The molecule has 3 aromatic rings. The van der Waals surface area contributed by atoms with Crippen LogP contribution in [-0.2, 0) is 14.8 Å². The van der Waals surface area contributed by atoms with E-state index in [4.69, 9.17) is 4.74 Å². The normalized spacial score (nSPS) is 16.5. The highest BCUT2D eigenvalue weighted by Crippen LogP contribution is 2.37. The number of nitrogens with zero attached hydrogens (tertiary/aromatic N) is 3. The Labute approximate surface area is 166 Å². The van der Waals surface area contributed by atoms with E-state index in [1.54, 1.807) is 36.4 Å².